The molecular formula is C9H8N4O2S. The number of hydrogen-bond acceptors (Lipinski definition) is 6. The van der Waals surface area contributed by atoms with E-state index in [2.05, 4.69) is 14.7 Å². The van der Waals surface area contributed by atoms with Crippen molar-refractivity contribution in [3.8, 4) is 0 Å². The lowest BCUT2D eigenvalue weighted by Crippen LogP contribution is -2.02. The number of anilines is 1. The summed E-state index contributed by atoms with van der Waals surface area (Å²) >= 11 is 1.21. The van der Waals surface area contributed by atoms with E-state index in [0.717, 1.165) is 0 Å². The van der Waals surface area contributed by atoms with Gasteiger partial charge in [-0.1, -0.05) is 18.2 Å². The van der Waals surface area contributed by atoms with Gasteiger partial charge < -0.3 is 5.32 Å². The van der Waals surface area contributed by atoms with Crippen LogP contribution in [-0.2, 0) is 6.54 Å². The number of benzene rings is 1. The number of nitrogens with one attached hydrogen (secondary N) is 1. The Morgan fingerprint density at radius 2 is 2.25 bits per heavy atom. The number of para-hydroxylation sites is 1. The fourth-order valence-corrected chi connectivity index (χ4v) is 1.69. The molecule has 16 heavy (non-hydrogen) atoms. The molecule has 0 atom stereocenters. The molecule has 6 nitrogen and oxygen atoms in total. The summed E-state index contributed by atoms with van der Waals surface area (Å²) in [7, 11) is 0. The summed E-state index contributed by atoms with van der Waals surface area (Å²) in [5.41, 5.74) is 0.738. The standard InChI is InChI=1S/C9H8N4O2S/c14-13(15)8-4-2-1-3-7(8)5-10-9-11-6-12-16-9/h1-4,6H,5H2,(H,10,11,12). The van der Waals surface area contributed by atoms with Gasteiger partial charge in [-0.05, 0) is 0 Å². The Kier molecular flexibility index (Phi) is 3.06. The third kappa shape index (κ3) is 2.31. The Bertz CT molecular complexity index is 486. The van der Waals surface area contributed by atoms with Crippen LogP contribution in [0.15, 0.2) is 30.6 Å². The van der Waals surface area contributed by atoms with E-state index < -0.39 is 4.92 Å². The second-order valence-corrected chi connectivity index (χ2v) is 3.77. The van der Waals surface area contributed by atoms with Crippen LogP contribution in [0.3, 0.4) is 0 Å². The van der Waals surface area contributed by atoms with E-state index in [1.807, 2.05) is 0 Å². The van der Waals surface area contributed by atoms with E-state index in [-0.39, 0.29) is 5.69 Å². The first-order valence-corrected chi connectivity index (χ1v) is 5.27. The Hall–Kier alpha value is -2.02. The summed E-state index contributed by atoms with van der Waals surface area (Å²) < 4.78 is 3.83. The predicted molar refractivity (Wildman–Crippen MR) is 60.3 cm³/mol. The fourth-order valence-electron chi connectivity index (χ4n) is 1.26. The summed E-state index contributed by atoms with van der Waals surface area (Å²) in [6, 6.07) is 6.61. The number of nitro groups is 1. The summed E-state index contributed by atoms with van der Waals surface area (Å²) in [5.74, 6) is 0. The summed E-state index contributed by atoms with van der Waals surface area (Å²) in [6.07, 6.45) is 1.44. The minimum atomic E-state index is -0.392. The summed E-state index contributed by atoms with van der Waals surface area (Å²) in [4.78, 5) is 14.3. The molecule has 0 amide bonds. The van der Waals surface area contributed by atoms with Crippen molar-refractivity contribution >= 4 is 22.4 Å². The number of aromatic nitrogens is 2. The molecule has 0 aliphatic carbocycles. The molecule has 7 heteroatoms. The molecule has 2 rings (SSSR count). The zero-order valence-electron chi connectivity index (χ0n) is 8.16. The average molecular weight is 236 g/mol. The van der Waals surface area contributed by atoms with Crippen LogP contribution in [0.4, 0.5) is 10.8 Å². The second-order valence-electron chi connectivity index (χ2n) is 2.99. The van der Waals surface area contributed by atoms with E-state index in [0.29, 0.717) is 17.2 Å². The van der Waals surface area contributed by atoms with Crippen molar-refractivity contribution in [2.45, 2.75) is 6.54 Å². The largest absolute Gasteiger partial charge is 0.356 e. The van der Waals surface area contributed by atoms with Crippen LogP contribution < -0.4 is 5.32 Å². The Labute approximate surface area is 95.3 Å². The molecule has 0 spiro atoms. The first-order chi connectivity index (χ1) is 7.77. The highest BCUT2D eigenvalue weighted by Crippen LogP contribution is 2.19. The van der Waals surface area contributed by atoms with Crippen molar-refractivity contribution < 1.29 is 4.92 Å². The molecule has 0 saturated carbocycles. The van der Waals surface area contributed by atoms with Crippen LogP contribution in [0.5, 0.6) is 0 Å². The second kappa shape index (κ2) is 4.67. The molecule has 0 aliphatic heterocycles. The highest BCUT2D eigenvalue weighted by molar-refractivity contribution is 7.09. The molecule has 1 aromatic heterocycles. The van der Waals surface area contributed by atoms with E-state index in [1.54, 1.807) is 18.2 Å². The Morgan fingerprint density at radius 3 is 2.94 bits per heavy atom. The molecule has 0 bridgehead atoms. The van der Waals surface area contributed by atoms with Crippen molar-refractivity contribution in [1.82, 2.24) is 9.36 Å². The van der Waals surface area contributed by atoms with E-state index in [1.165, 1.54) is 23.9 Å². The van der Waals surface area contributed by atoms with Gasteiger partial charge in [-0.15, -0.1) is 0 Å². The lowest BCUT2D eigenvalue weighted by molar-refractivity contribution is -0.385. The Balaban J connectivity index is 2.12. The molecule has 0 radical (unpaired) electrons. The van der Waals surface area contributed by atoms with Crippen molar-refractivity contribution in [1.29, 1.82) is 0 Å². The van der Waals surface area contributed by atoms with Crippen LogP contribution in [0.2, 0.25) is 0 Å². The third-order valence-corrected chi connectivity index (χ3v) is 2.60. The maximum absolute atomic E-state index is 10.7. The molecular weight excluding hydrogens is 228 g/mol. The maximum Gasteiger partial charge on any atom is 0.274 e. The molecule has 0 saturated heterocycles. The summed E-state index contributed by atoms with van der Waals surface area (Å²) in [6.45, 7) is 0.367. The first-order valence-electron chi connectivity index (χ1n) is 4.50. The van der Waals surface area contributed by atoms with Crippen molar-refractivity contribution in [3.05, 3.63) is 46.3 Å². The van der Waals surface area contributed by atoms with Gasteiger partial charge in [0, 0.05) is 29.7 Å². The molecule has 1 aromatic carbocycles. The zero-order valence-corrected chi connectivity index (χ0v) is 8.98. The minimum Gasteiger partial charge on any atom is -0.356 e. The highest BCUT2D eigenvalue weighted by atomic mass is 32.1. The van der Waals surface area contributed by atoms with Gasteiger partial charge in [0.25, 0.3) is 5.69 Å². The molecule has 82 valence electrons. The minimum absolute atomic E-state index is 0.111. The molecule has 0 fully saturated rings. The molecule has 0 aliphatic rings. The van der Waals surface area contributed by atoms with Crippen molar-refractivity contribution in [3.63, 3.8) is 0 Å². The zero-order chi connectivity index (χ0) is 11.4. The molecule has 0 unspecified atom stereocenters. The SMILES string of the molecule is O=[N+]([O-])c1ccccc1CNc1ncns1. The summed E-state index contributed by atoms with van der Waals surface area (Å²) in [5, 5.41) is 14.4. The fraction of sp³-hybridized carbons (Fsp3) is 0.111. The number of rotatable bonds is 4. The van der Waals surface area contributed by atoms with Gasteiger partial charge in [0.05, 0.1) is 4.92 Å². The molecule has 1 heterocycles. The first kappa shape index (κ1) is 10.5. The van der Waals surface area contributed by atoms with Gasteiger partial charge in [0.15, 0.2) is 0 Å². The number of nitro benzene ring substituents is 1. The van der Waals surface area contributed by atoms with Crippen molar-refractivity contribution in [2.24, 2.45) is 0 Å². The lowest BCUT2D eigenvalue weighted by atomic mass is 10.2. The molecule has 1 N–H and O–H groups in total. The average Bonchev–Trinajstić information content (AvgIpc) is 2.79. The highest BCUT2D eigenvalue weighted by Gasteiger charge is 2.11. The topological polar surface area (TPSA) is 81.0 Å². The maximum atomic E-state index is 10.7. The number of nitrogens with zero attached hydrogens (tertiary/aromatic N) is 3. The quantitative estimate of drug-likeness (QED) is 0.649. The van der Waals surface area contributed by atoms with E-state index in [9.17, 15) is 10.1 Å². The van der Waals surface area contributed by atoms with Gasteiger partial charge in [-0.3, -0.25) is 10.1 Å². The van der Waals surface area contributed by atoms with Crippen LogP contribution >= 0.6 is 11.5 Å². The van der Waals surface area contributed by atoms with Gasteiger partial charge in [0.1, 0.15) is 6.33 Å². The Morgan fingerprint density at radius 1 is 1.44 bits per heavy atom. The van der Waals surface area contributed by atoms with Gasteiger partial charge in [-0.2, -0.15) is 4.37 Å². The monoisotopic (exact) mass is 236 g/mol. The molecule has 2 aromatic rings. The number of hydrogen-bond donors (Lipinski definition) is 1. The normalized spacial score (nSPS) is 10.0. The van der Waals surface area contributed by atoms with Gasteiger partial charge >= 0.3 is 0 Å². The predicted octanol–water partition coefficient (Wildman–Crippen LogP) is 2.06. The van der Waals surface area contributed by atoms with E-state index in [4.69, 9.17) is 0 Å². The van der Waals surface area contributed by atoms with Crippen molar-refractivity contribution in [2.75, 3.05) is 5.32 Å². The van der Waals surface area contributed by atoms with Gasteiger partial charge in [-0.25, -0.2) is 4.98 Å². The van der Waals surface area contributed by atoms with Crippen LogP contribution in [0.1, 0.15) is 5.56 Å². The van der Waals surface area contributed by atoms with Crippen LogP contribution in [0, 0.1) is 10.1 Å². The lowest BCUT2D eigenvalue weighted by Gasteiger charge is -2.02. The van der Waals surface area contributed by atoms with E-state index >= 15 is 0 Å². The van der Waals surface area contributed by atoms with Gasteiger partial charge in [0.2, 0.25) is 5.13 Å². The van der Waals surface area contributed by atoms with Crippen LogP contribution in [0.25, 0.3) is 0 Å². The smallest absolute Gasteiger partial charge is 0.274 e. The third-order valence-electron chi connectivity index (χ3n) is 1.98. The van der Waals surface area contributed by atoms with Crippen LogP contribution in [-0.4, -0.2) is 14.3 Å².